The van der Waals surface area contributed by atoms with Gasteiger partial charge in [-0.05, 0) is 31.4 Å². The zero-order valence-electron chi connectivity index (χ0n) is 10.1. The van der Waals surface area contributed by atoms with Crippen LogP contribution >= 0.6 is 0 Å². The van der Waals surface area contributed by atoms with Crippen molar-refractivity contribution in [2.75, 3.05) is 13.7 Å². The number of aromatic amines is 1. The fourth-order valence-electron chi connectivity index (χ4n) is 1.45. The number of aryl methyl sites for hydroxylation is 1. The molecule has 17 heavy (non-hydrogen) atoms. The molecule has 1 aromatic rings. The van der Waals surface area contributed by atoms with Gasteiger partial charge in [0.05, 0.1) is 13.7 Å². The van der Waals surface area contributed by atoms with E-state index in [1.54, 1.807) is 19.2 Å². The third kappa shape index (κ3) is 4.30. The van der Waals surface area contributed by atoms with Gasteiger partial charge in [-0.3, -0.25) is 4.79 Å². The molecule has 0 saturated carbocycles. The van der Waals surface area contributed by atoms with Gasteiger partial charge in [0.15, 0.2) is 0 Å². The van der Waals surface area contributed by atoms with Crippen LogP contribution in [0.1, 0.15) is 35.8 Å². The van der Waals surface area contributed by atoms with Crippen LogP contribution < -0.4 is 0 Å². The topological polar surface area (TPSA) is 68.4 Å². The lowest BCUT2D eigenvalue weighted by Gasteiger charge is -1.98. The van der Waals surface area contributed by atoms with Crippen molar-refractivity contribution in [1.82, 2.24) is 4.98 Å². The van der Waals surface area contributed by atoms with E-state index in [4.69, 9.17) is 4.74 Å². The van der Waals surface area contributed by atoms with Crippen LogP contribution in [-0.2, 0) is 20.7 Å². The lowest BCUT2D eigenvalue weighted by molar-refractivity contribution is -0.140. The van der Waals surface area contributed by atoms with E-state index in [-0.39, 0.29) is 11.9 Å². The minimum absolute atomic E-state index is 0.217. The van der Waals surface area contributed by atoms with E-state index in [0.29, 0.717) is 25.1 Å². The van der Waals surface area contributed by atoms with Gasteiger partial charge in [0, 0.05) is 12.6 Å². The van der Waals surface area contributed by atoms with Crippen LogP contribution in [0.2, 0.25) is 0 Å². The molecule has 0 bridgehead atoms. The van der Waals surface area contributed by atoms with Gasteiger partial charge in [-0.1, -0.05) is 0 Å². The Morgan fingerprint density at radius 2 is 2.18 bits per heavy atom. The number of carbonyl (C=O) groups excluding carboxylic acids is 2. The quantitative estimate of drug-likeness (QED) is 0.767. The Hall–Kier alpha value is -1.78. The van der Waals surface area contributed by atoms with Crippen LogP contribution in [0.4, 0.5) is 0 Å². The van der Waals surface area contributed by atoms with E-state index in [9.17, 15) is 9.59 Å². The molecule has 0 atom stereocenters. The van der Waals surface area contributed by atoms with Crippen LogP contribution in [0.25, 0.3) is 0 Å². The molecule has 0 amide bonds. The average molecular weight is 239 g/mol. The summed E-state index contributed by atoms with van der Waals surface area (Å²) in [5.74, 6) is -0.571. The summed E-state index contributed by atoms with van der Waals surface area (Å²) < 4.78 is 9.40. The van der Waals surface area contributed by atoms with E-state index >= 15 is 0 Å². The van der Waals surface area contributed by atoms with E-state index < -0.39 is 0 Å². The zero-order valence-corrected chi connectivity index (χ0v) is 10.1. The summed E-state index contributed by atoms with van der Waals surface area (Å²) in [5.41, 5.74) is 1.43. The molecule has 0 aromatic carbocycles. The molecule has 0 saturated heterocycles. The highest BCUT2D eigenvalue weighted by Crippen LogP contribution is 2.09. The Balaban J connectivity index is 2.40. The summed E-state index contributed by atoms with van der Waals surface area (Å²) in [6.45, 7) is 2.12. The molecule has 0 fully saturated rings. The number of esters is 2. The summed E-state index contributed by atoms with van der Waals surface area (Å²) in [4.78, 5) is 25.1. The maximum atomic E-state index is 11.4. The van der Waals surface area contributed by atoms with Crippen LogP contribution in [0, 0.1) is 0 Å². The maximum absolute atomic E-state index is 11.4. The number of H-pyrrole nitrogens is 1. The van der Waals surface area contributed by atoms with Crippen LogP contribution in [0.15, 0.2) is 12.3 Å². The van der Waals surface area contributed by atoms with Crippen LogP contribution in [0.3, 0.4) is 0 Å². The lowest BCUT2D eigenvalue weighted by atomic mass is 10.1. The Bertz CT molecular complexity index is 384. The van der Waals surface area contributed by atoms with Gasteiger partial charge >= 0.3 is 11.9 Å². The van der Waals surface area contributed by atoms with Gasteiger partial charge < -0.3 is 14.5 Å². The normalized spacial score (nSPS) is 10.0. The van der Waals surface area contributed by atoms with Crippen LogP contribution in [-0.4, -0.2) is 30.6 Å². The molecule has 0 spiro atoms. The third-order valence-corrected chi connectivity index (χ3v) is 2.31. The number of hydrogen-bond donors (Lipinski definition) is 1. The minimum Gasteiger partial charge on any atom is -0.469 e. The predicted molar refractivity (Wildman–Crippen MR) is 61.7 cm³/mol. The van der Waals surface area contributed by atoms with E-state index in [2.05, 4.69) is 9.72 Å². The van der Waals surface area contributed by atoms with Crippen LogP contribution in [0.5, 0.6) is 0 Å². The molecule has 5 nitrogen and oxygen atoms in total. The highest BCUT2D eigenvalue weighted by Gasteiger charge is 2.09. The molecular formula is C12H17NO4. The standard InChI is InChI=1S/C12H17NO4/c1-3-17-12(15)10-7-9(8-13-10)5-4-6-11(14)16-2/h7-8,13H,3-6H2,1-2H3. The summed E-state index contributed by atoms with van der Waals surface area (Å²) in [6, 6.07) is 1.75. The minimum atomic E-state index is -0.355. The number of methoxy groups -OCH3 is 1. The number of nitrogens with one attached hydrogen (secondary N) is 1. The highest BCUT2D eigenvalue weighted by molar-refractivity contribution is 5.87. The number of aromatic nitrogens is 1. The van der Waals surface area contributed by atoms with Gasteiger partial charge in [-0.2, -0.15) is 0 Å². The van der Waals surface area contributed by atoms with Gasteiger partial charge in [0.25, 0.3) is 0 Å². The smallest absolute Gasteiger partial charge is 0.354 e. The number of carbonyl (C=O) groups is 2. The first-order chi connectivity index (χ1) is 8.17. The second-order valence-electron chi connectivity index (χ2n) is 3.57. The summed E-state index contributed by atoms with van der Waals surface area (Å²) in [7, 11) is 1.37. The van der Waals surface area contributed by atoms with Crippen molar-refractivity contribution in [3.05, 3.63) is 23.5 Å². The first kappa shape index (κ1) is 13.3. The Morgan fingerprint density at radius 1 is 1.41 bits per heavy atom. The van der Waals surface area contributed by atoms with Crippen molar-refractivity contribution >= 4 is 11.9 Å². The van der Waals surface area contributed by atoms with E-state index in [0.717, 1.165) is 12.0 Å². The molecule has 0 aliphatic rings. The largest absolute Gasteiger partial charge is 0.469 e. The molecule has 1 heterocycles. The Labute approximate surface area is 100 Å². The SMILES string of the molecule is CCOC(=O)c1cc(CCCC(=O)OC)c[nH]1. The predicted octanol–water partition coefficient (Wildman–Crippen LogP) is 1.69. The third-order valence-electron chi connectivity index (χ3n) is 2.31. The van der Waals surface area contributed by atoms with Gasteiger partial charge in [-0.15, -0.1) is 0 Å². The summed E-state index contributed by atoms with van der Waals surface area (Å²) in [6.07, 6.45) is 3.57. The Kier molecular flexibility index (Phi) is 5.26. The molecule has 1 rings (SSSR count). The van der Waals surface area contributed by atoms with Gasteiger partial charge in [0.2, 0.25) is 0 Å². The molecule has 1 aromatic heterocycles. The average Bonchev–Trinajstić information content (AvgIpc) is 2.78. The first-order valence-electron chi connectivity index (χ1n) is 5.58. The van der Waals surface area contributed by atoms with Crippen molar-refractivity contribution in [3.8, 4) is 0 Å². The lowest BCUT2D eigenvalue weighted by Crippen LogP contribution is -2.04. The van der Waals surface area contributed by atoms with Crippen molar-refractivity contribution in [2.24, 2.45) is 0 Å². The number of hydrogen-bond acceptors (Lipinski definition) is 4. The molecule has 0 radical (unpaired) electrons. The monoisotopic (exact) mass is 239 g/mol. The molecule has 1 N–H and O–H groups in total. The first-order valence-corrected chi connectivity index (χ1v) is 5.58. The number of rotatable bonds is 6. The Morgan fingerprint density at radius 3 is 2.82 bits per heavy atom. The fourth-order valence-corrected chi connectivity index (χ4v) is 1.45. The maximum Gasteiger partial charge on any atom is 0.354 e. The van der Waals surface area contributed by atoms with Gasteiger partial charge in [0.1, 0.15) is 5.69 Å². The second kappa shape index (κ2) is 6.73. The highest BCUT2D eigenvalue weighted by atomic mass is 16.5. The van der Waals surface area contributed by atoms with Crippen molar-refractivity contribution < 1.29 is 19.1 Å². The second-order valence-corrected chi connectivity index (χ2v) is 3.57. The van der Waals surface area contributed by atoms with Crippen molar-refractivity contribution in [3.63, 3.8) is 0 Å². The van der Waals surface area contributed by atoms with Gasteiger partial charge in [-0.25, -0.2) is 4.79 Å². The van der Waals surface area contributed by atoms with E-state index in [1.165, 1.54) is 7.11 Å². The van der Waals surface area contributed by atoms with Crippen molar-refractivity contribution in [2.45, 2.75) is 26.2 Å². The molecule has 0 aliphatic heterocycles. The molecule has 0 unspecified atom stereocenters. The molecule has 5 heteroatoms. The zero-order chi connectivity index (χ0) is 12.7. The molecular weight excluding hydrogens is 222 g/mol. The summed E-state index contributed by atoms with van der Waals surface area (Å²) in [5, 5.41) is 0. The summed E-state index contributed by atoms with van der Waals surface area (Å²) >= 11 is 0. The van der Waals surface area contributed by atoms with Crippen molar-refractivity contribution in [1.29, 1.82) is 0 Å². The van der Waals surface area contributed by atoms with E-state index in [1.807, 2.05) is 0 Å². The molecule has 94 valence electrons. The number of ether oxygens (including phenoxy) is 2. The molecule has 0 aliphatic carbocycles. The fraction of sp³-hybridized carbons (Fsp3) is 0.500.